The lowest BCUT2D eigenvalue weighted by Gasteiger charge is -2.09. The van der Waals surface area contributed by atoms with Gasteiger partial charge < -0.3 is 4.74 Å². The summed E-state index contributed by atoms with van der Waals surface area (Å²) < 4.78 is 51.7. The minimum absolute atomic E-state index is 0.0747. The summed E-state index contributed by atoms with van der Waals surface area (Å²) in [5.74, 6) is -0.0747. The van der Waals surface area contributed by atoms with Gasteiger partial charge in [0.25, 0.3) is 16.4 Å². The Balaban J connectivity index is 3.53. The molecule has 0 radical (unpaired) electrons. The molecule has 1 aromatic rings. The molecule has 0 unspecified atom stereocenters. The molecular formula is C7H7BrF2N2O3S. The first-order chi connectivity index (χ1) is 7.27. The van der Waals surface area contributed by atoms with E-state index in [9.17, 15) is 17.2 Å². The number of hydrogen-bond donors (Lipinski definition) is 1. The van der Waals surface area contributed by atoms with Gasteiger partial charge in [0.05, 0.1) is 11.6 Å². The van der Waals surface area contributed by atoms with Gasteiger partial charge in [-0.15, -0.1) is 0 Å². The molecule has 0 aromatic carbocycles. The van der Waals surface area contributed by atoms with E-state index in [0.717, 1.165) is 6.07 Å². The largest absolute Gasteiger partial charge is 0.495 e. The Kier molecular flexibility index (Phi) is 3.81. The van der Waals surface area contributed by atoms with Crippen LogP contribution in [0.1, 0.15) is 12.1 Å². The molecule has 90 valence electrons. The van der Waals surface area contributed by atoms with Crippen molar-refractivity contribution in [2.24, 2.45) is 5.14 Å². The normalized spacial score (nSPS) is 11.9. The number of alkyl halides is 2. The highest BCUT2D eigenvalue weighted by Crippen LogP contribution is 2.34. The van der Waals surface area contributed by atoms with Crippen LogP contribution in [0.25, 0.3) is 0 Å². The van der Waals surface area contributed by atoms with E-state index in [2.05, 4.69) is 20.9 Å². The van der Waals surface area contributed by atoms with Gasteiger partial charge in [0, 0.05) is 6.07 Å². The smallest absolute Gasteiger partial charge is 0.281 e. The molecule has 16 heavy (non-hydrogen) atoms. The van der Waals surface area contributed by atoms with Gasteiger partial charge in [0.1, 0.15) is 11.4 Å². The summed E-state index contributed by atoms with van der Waals surface area (Å²) in [5.41, 5.74) is -0.733. The molecule has 5 nitrogen and oxygen atoms in total. The second-order valence-electron chi connectivity index (χ2n) is 2.71. The molecule has 1 rings (SSSR count). The summed E-state index contributed by atoms with van der Waals surface area (Å²) in [5, 5.41) is 4.13. The van der Waals surface area contributed by atoms with Crippen molar-refractivity contribution >= 4 is 26.0 Å². The Labute approximate surface area is 98.8 Å². The maximum atomic E-state index is 12.5. The summed E-state index contributed by atoms with van der Waals surface area (Å²) in [6, 6.07) is 0.964. The van der Waals surface area contributed by atoms with Gasteiger partial charge in [-0.2, -0.15) is 0 Å². The number of sulfonamides is 1. The highest BCUT2D eigenvalue weighted by atomic mass is 79.9. The van der Waals surface area contributed by atoms with Crippen LogP contribution in [-0.2, 0) is 10.0 Å². The molecule has 0 bridgehead atoms. The van der Waals surface area contributed by atoms with Crippen LogP contribution >= 0.6 is 15.9 Å². The van der Waals surface area contributed by atoms with Crippen molar-refractivity contribution in [3.05, 3.63) is 16.2 Å². The number of pyridine rings is 1. The van der Waals surface area contributed by atoms with E-state index in [0.29, 0.717) is 0 Å². The first-order valence-corrected chi connectivity index (χ1v) is 6.16. The highest BCUT2D eigenvalue weighted by molar-refractivity contribution is 9.10. The molecule has 1 aromatic heterocycles. The van der Waals surface area contributed by atoms with Crippen molar-refractivity contribution in [1.82, 2.24) is 4.98 Å². The Morgan fingerprint density at radius 3 is 2.50 bits per heavy atom. The fourth-order valence-corrected chi connectivity index (χ4v) is 1.98. The van der Waals surface area contributed by atoms with E-state index >= 15 is 0 Å². The number of methoxy groups -OCH3 is 1. The fourth-order valence-electron chi connectivity index (χ4n) is 0.941. The maximum Gasteiger partial charge on any atom is 0.281 e. The average Bonchev–Trinajstić information content (AvgIpc) is 2.15. The first kappa shape index (κ1) is 13.3. The third-order valence-corrected chi connectivity index (χ3v) is 3.23. The molecule has 1 heterocycles. The van der Waals surface area contributed by atoms with Gasteiger partial charge in [0.15, 0.2) is 5.03 Å². The second kappa shape index (κ2) is 4.60. The Morgan fingerprint density at radius 2 is 2.12 bits per heavy atom. The molecule has 0 saturated heterocycles. The number of nitrogens with two attached hydrogens (primary N) is 1. The fraction of sp³-hybridized carbons (Fsp3) is 0.286. The number of aromatic nitrogens is 1. The Morgan fingerprint density at radius 1 is 1.56 bits per heavy atom. The van der Waals surface area contributed by atoms with Crippen molar-refractivity contribution in [1.29, 1.82) is 0 Å². The van der Waals surface area contributed by atoms with Crippen molar-refractivity contribution in [3.8, 4) is 5.75 Å². The second-order valence-corrected chi connectivity index (χ2v) is 5.01. The standard InChI is InChI=1S/C7H7BrF2N2O3S/c1-15-3-2-4(16(11,13)14)12-6(5(3)8)7(9)10/h2,7H,1H3,(H2,11,13,14). The lowest BCUT2D eigenvalue weighted by molar-refractivity contribution is 0.143. The van der Waals surface area contributed by atoms with Crippen LogP contribution in [0, 0.1) is 0 Å². The van der Waals surface area contributed by atoms with Crippen LogP contribution in [-0.4, -0.2) is 20.5 Å². The van der Waals surface area contributed by atoms with Gasteiger partial charge in [-0.3, -0.25) is 0 Å². The lowest BCUT2D eigenvalue weighted by Crippen LogP contribution is -2.15. The number of rotatable bonds is 3. The van der Waals surface area contributed by atoms with Gasteiger partial charge in [-0.05, 0) is 15.9 Å². The third kappa shape index (κ3) is 2.66. The Hall–Kier alpha value is -0.800. The number of ether oxygens (including phenoxy) is 1. The number of hydrogen-bond acceptors (Lipinski definition) is 4. The molecule has 0 aliphatic carbocycles. The van der Waals surface area contributed by atoms with Crippen LogP contribution in [0.3, 0.4) is 0 Å². The van der Waals surface area contributed by atoms with Crippen molar-refractivity contribution in [2.75, 3.05) is 7.11 Å². The molecule has 9 heteroatoms. The summed E-state index contributed by atoms with van der Waals surface area (Å²) in [6.07, 6.45) is -2.94. The molecule has 0 spiro atoms. The summed E-state index contributed by atoms with van der Waals surface area (Å²) >= 11 is 2.84. The van der Waals surface area contributed by atoms with E-state index in [1.165, 1.54) is 7.11 Å². The van der Waals surface area contributed by atoms with Crippen LogP contribution in [0.4, 0.5) is 8.78 Å². The SMILES string of the molecule is COc1cc(S(N)(=O)=O)nc(C(F)F)c1Br. The van der Waals surface area contributed by atoms with Crippen LogP contribution < -0.4 is 9.88 Å². The lowest BCUT2D eigenvalue weighted by atomic mass is 10.3. The minimum atomic E-state index is -4.15. The van der Waals surface area contributed by atoms with E-state index in [4.69, 9.17) is 9.88 Å². The summed E-state index contributed by atoms with van der Waals surface area (Å²) in [4.78, 5) is 3.26. The zero-order valence-electron chi connectivity index (χ0n) is 7.95. The van der Waals surface area contributed by atoms with E-state index in [1.54, 1.807) is 0 Å². The molecule has 0 aliphatic heterocycles. The zero-order chi connectivity index (χ0) is 12.5. The molecular weight excluding hydrogens is 310 g/mol. The molecule has 2 N–H and O–H groups in total. The third-order valence-electron chi connectivity index (χ3n) is 1.64. The van der Waals surface area contributed by atoms with Crippen LogP contribution in [0.5, 0.6) is 5.75 Å². The highest BCUT2D eigenvalue weighted by Gasteiger charge is 2.22. The summed E-state index contributed by atoms with van der Waals surface area (Å²) in [7, 11) is -2.94. The average molecular weight is 317 g/mol. The number of halogens is 3. The predicted octanol–water partition coefficient (Wildman–Crippen LogP) is 1.44. The number of nitrogens with zero attached hydrogens (tertiary/aromatic N) is 1. The van der Waals surface area contributed by atoms with Crippen LogP contribution in [0.15, 0.2) is 15.6 Å². The van der Waals surface area contributed by atoms with Crippen molar-refractivity contribution in [3.63, 3.8) is 0 Å². The number of primary sulfonamides is 1. The van der Waals surface area contributed by atoms with Crippen molar-refractivity contribution in [2.45, 2.75) is 11.5 Å². The quantitative estimate of drug-likeness (QED) is 0.914. The van der Waals surface area contributed by atoms with Gasteiger partial charge in [0.2, 0.25) is 0 Å². The predicted molar refractivity (Wildman–Crippen MR) is 54.8 cm³/mol. The molecule has 0 amide bonds. The van der Waals surface area contributed by atoms with Gasteiger partial charge in [-0.1, -0.05) is 0 Å². The maximum absolute atomic E-state index is 12.5. The summed E-state index contributed by atoms with van der Waals surface area (Å²) in [6.45, 7) is 0. The zero-order valence-corrected chi connectivity index (χ0v) is 10.3. The van der Waals surface area contributed by atoms with Gasteiger partial charge in [-0.25, -0.2) is 27.3 Å². The molecule has 0 aliphatic rings. The van der Waals surface area contributed by atoms with E-state index < -0.39 is 27.2 Å². The topological polar surface area (TPSA) is 82.3 Å². The van der Waals surface area contributed by atoms with Crippen molar-refractivity contribution < 1.29 is 21.9 Å². The van der Waals surface area contributed by atoms with E-state index in [-0.39, 0.29) is 10.2 Å². The Bertz CT molecular complexity index is 507. The van der Waals surface area contributed by atoms with Gasteiger partial charge >= 0.3 is 0 Å². The molecule has 0 saturated carbocycles. The molecule has 0 atom stereocenters. The molecule has 0 fully saturated rings. The monoisotopic (exact) mass is 316 g/mol. The van der Waals surface area contributed by atoms with Crippen LogP contribution in [0.2, 0.25) is 0 Å². The minimum Gasteiger partial charge on any atom is -0.495 e. The first-order valence-electron chi connectivity index (χ1n) is 3.82. The van der Waals surface area contributed by atoms with E-state index in [1.807, 2.05) is 0 Å².